The van der Waals surface area contributed by atoms with Gasteiger partial charge in [-0.05, 0) is 114 Å². The highest BCUT2D eigenvalue weighted by molar-refractivity contribution is 6.04. The minimum absolute atomic E-state index is 1.09. The largest absolute Gasteiger partial charge is 0.311 e. The highest BCUT2D eigenvalue weighted by atomic mass is 15.1. The lowest BCUT2D eigenvalue weighted by Crippen LogP contribution is -2.09. The van der Waals surface area contributed by atoms with Crippen LogP contribution in [0.4, 0.5) is 17.1 Å². The Labute approximate surface area is 346 Å². The molecule has 0 aliphatic heterocycles. The summed E-state index contributed by atoms with van der Waals surface area (Å²) in [5.41, 5.74) is 17.8. The van der Waals surface area contributed by atoms with Crippen LogP contribution in [0.1, 0.15) is 0 Å². The van der Waals surface area contributed by atoms with E-state index in [0.29, 0.717) is 0 Å². The van der Waals surface area contributed by atoms with Gasteiger partial charge in [-0.3, -0.25) is 0 Å². The van der Waals surface area contributed by atoms with Gasteiger partial charge in [-0.25, -0.2) is 0 Å². The van der Waals surface area contributed by atoms with Crippen LogP contribution in [0.3, 0.4) is 0 Å². The zero-order chi connectivity index (χ0) is 39.4. The van der Waals surface area contributed by atoms with Gasteiger partial charge in [0.2, 0.25) is 0 Å². The maximum Gasteiger partial charge on any atom is 0.0462 e. The number of hydrogen-bond acceptors (Lipinski definition) is 1. The molecule has 0 spiro atoms. The fraction of sp³-hybridized carbons (Fsp3) is 0. The Morgan fingerprint density at radius 2 is 0.508 bits per heavy atom. The van der Waals surface area contributed by atoms with Crippen LogP contribution in [-0.2, 0) is 0 Å². The van der Waals surface area contributed by atoms with E-state index in [1.165, 1.54) is 77.5 Å². The number of nitrogens with zero attached hydrogens (tertiary/aromatic N) is 1. The smallest absolute Gasteiger partial charge is 0.0462 e. The van der Waals surface area contributed by atoms with Crippen LogP contribution >= 0.6 is 0 Å². The number of anilines is 3. The summed E-state index contributed by atoms with van der Waals surface area (Å²) >= 11 is 0. The van der Waals surface area contributed by atoms with E-state index in [1.807, 2.05) is 0 Å². The molecule has 0 unspecified atom stereocenters. The van der Waals surface area contributed by atoms with Crippen molar-refractivity contribution in [3.05, 3.63) is 249 Å². The van der Waals surface area contributed by atoms with E-state index >= 15 is 0 Å². The summed E-state index contributed by atoms with van der Waals surface area (Å²) in [6.07, 6.45) is 0. The molecule has 0 saturated carbocycles. The van der Waals surface area contributed by atoms with Crippen molar-refractivity contribution in [1.29, 1.82) is 0 Å². The minimum Gasteiger partial charge on any atom is -0.311 e. The van der Waals surface area contributed by atoms with Crippen molar-refractivity contribution in [1.82, 2.24) is 0 Å². The zero-order valence-electron chi connectivity index (χ0n) is 32.6. The Morgan fingerprint density at radius 1 is 0.203 bits per heavy atom. The number of rotatable bonds is 9. The molecule has 0 atom stereocenters. The fourth-order valence-corrected chi connectivity index (χ4v) is 8.24. The van der Waals surface area contributed by atoms with Crippen molar-refractivity contribution in [3.8, 4) is 66.8 Å². The second-order valence-corrected chi connectivity index (χ2v) is 14.9. The van der Waals surface area contributed by atoms with Gasteiger partial charge in [-0.1, -0.05) is 212 Å². The second-order valence-electron chi connectivity index (χ2n) is 14.9. The molecule has 0 fully saturated rings. The molecule has 0 bridgehead atoms. The summed E-state index contributed by atoms with van der Waals surface area (Å²) in [6.45, 7) is 0. The van der Waals surface area contributed by atoms with Crippen molar-refractivity contribution in [2.45, 2.75) is 0 Å². The third-order valence-corrected chi connectivity index (χ3v) is 11.3. The van der Waals surface area contributed by atoms with Crippen molar-refractivity contribution >= 4 is 27.8 Å². The van der Waals surface area contributed by atoms with Gasteiger partial charge < -0.3 is 4.90 Å². The normalized spacial score (nSPS) is 11.1. The van der Waals surface area contributed by atoms with Crippen LogP contribution in [0.2, 0.25) is 0 Å². The number of hydrogen-bond donors (Lipinski definition) is 0. The third-order valence-electron chi connectivity index (χ3n) is 11.3. The summed E-state index contributed by atoms with van der Waals surface area (Å²) in [4.78, 5) is 2.35. The molecule has 10 aromatic rings. The van der Waals surface area contributed by atoms with Gasteiger partial charge in [0.1, 0.15) is 0 Å². The average Bonchev–Trinajstić information content (AvgIpc) is 3.33. The summed E-state index contributed by atoms with van der Waals surface area (Å²) < 4.78 is 0. The molecule has 10 rings (SSSR count). The van der Waals surface area contributed by atoms with Gasteiger partial charge in [0.05, 0.1) is 0 Å². The van der Waals surface area contributed by atoms with Crippen molar-refractivity contribution < 1.29 is 0 Å². The van der Waals surface area contributed by atoms with Crippen LogP contribution in [-0.4, -0.2) is 0 Å². The summed E-state index contributed by atoms with van der Waals surface area (Å²) in [5, 5.41) is 2.50. The summed E-state index contributed by atoms with van der Waals surface area (Å²) in [5.74, 6) is 0. The molecular formula is C58H41N. The first-order valence-corrected chi connectivity index (χ1v) is 20.2. The van der Waals surface area contributed by atoms with Crippen LogP contribution in [0.25, 0.3) is 77.5 Å². The first kappa shape index (κ1) is 35.7. The first-order chi connectivity index (χ1) is 29.2. The Morgan fingerprint density at radius 3 is 0.915 bits per heavy atom. The second kappa shape index (κ2) is 16.0. The van der Waals surface area contributed by atoms with Crippen LogP contribution in [0.5, 0.6) is 0 Å². The molecule has 1 heteroatoms. The van der Waals surface area contributed by atoms with Crippen LogP contribution < -0.4 is 4.90 Å². The van der Waals surface area contributed by atoms with Gasteiger partial charge in [-0.2, -0.15) is 0 Å². The molecule has 0 radical (unpaired) electrons. The van der Waals surface area contributed by atoms with Gasteiger partial charge in [0, 0.05) is 17.1 Å². The van der Waals surface area contributed by atoms with Gasteiger partial charge in [0.25, 0.3) is 0 Å². The van der Waals surface area contributed by atoms with Crippen LogP contribution in [0.15, 0.2) is 249 Å². The predicted molar refractivity (Wildman–Crippen MR) is 251 cm³/mol. The molecule has 10 aromatic carbocycles. The highest BCUT2D eigenvalue weighted by Crippen LogP contribution is 2.41. The number of benzene rings is 10. The van der Waals surface area contributed by atoms with Crippen molar-refractivity contribution in [2.75, 3.05) is 4.90 Å². The molecule has 0 aliphatic rings. The molecule has 0 heterocycles. The molecule has 1 nitrogen and oxygen atoms in total. The predicted octanol–water partition coefficient (Wildman–Crippen LogP) is 16.3. The Balaban J connectivity index is 1.01. The average molecular weight is 752 g/mol. The van der Waals surface area contributed by atoms with Gasteiger partial charge >= 0.3 is 0 Å². The van der Waals surface area contributed by atoms with Crippen molar-refractivity contribution in [2.24, 2.45) is 0 Å². The Hall–Kier alpha value is -7.74. The zero-order valence-corrected chi connectivity index (χ0v) is 32.6. The highest BCUT2D eigenvalue weighted by Gasteiger charge is 2.16. The van der Waals surface area contributed by atoms with Gasteiger partial charge in [-0.15, -0.1) is 0 Å². The lowest BCUT2D eigenvalue weighted by atomic mass is 9.90. The topological polar surface area (TPSA) is 3.24 Å². The summed E-state index contributed by atoms with van der Waals surface area (Å²) in [7, 11) is 0. The van der Waals surface area contributed by atoms with E-state index in [-0.39, 0.29) is 0 Å². The lowest BCUT2D eigenvalue weighted by Gasteiger charge is -2.26. The molecular weight excluding hydrogens is 711 g/mol. The molecule has 278 valence electrons. The van der Waals surface area contributed by atoms with Crippen LogP contribution in [0, 0.1) is 0 Å². The van der Waals surface area contributed by atoms with E-state index in [1.54, 1.807) is 0 Å². The first-order valence-electron chi connectivity index (χ1n) is 20.2. The third kappa shape index (κ3) is 7.34. The fourth-order valence-electron chi connectivity index (χ4n) is 8.24. The van der Waals surface area contributed by atoms with E-state index < -0.39 is 0 Å². The maximum absolute atomic E-state index is 2.35. The van der Waals surface area contributed by atoms with Crippen molar-refractivity contribution in [3.63, 3.8) is 0 Å². The molecule has 0 aliphatic carbocycles. The molecule has 59 heavy (non-hydrogen) atoms. The van der Waals surface area contributed by atoms with E-state index in [2.05, 4.69) is 254 Å². The number of fused-ring (bicyclic) bond motifs is 1. The standard InChI is InChI=1S/C58H41N/c1-4-12-42(13-5-1)44-20-24-46(25-21-44)48-28-35-53(36-29-48)59(54-37-30-49(31-38-54)47-26-22-45(23-27-47)43-14-6-2-7-15-43)55-39-32-51(33-40-55)57-41-34-50-16-10-11-19-56(50)58(57)52-17-8-3-9-18-52/h1-41H. The van der Waals surface area contributed by atoms with E-state index in [4.69, 9.17) is 0 Å². The molecule has 0 aromatic heterocycles. The summed E-state index contributed by atoms with van der Waals surface area (Å²) in [6, 6.07) is 89.7. The Kier molecular flexibility index (Phi) is 9.68. The van der Waals surface area contributed by atoms with E-state index in [9.17, 15) is 0 Å². The molecule has 0 N–H and O–H groups in total. The quantitative estimate of drug-likeness (QED) is 0.142. The monoisotopic (exact) mass is 751 g/mol. The lowest BCUT2D eigenvalue weighted by molar-refractivity contribution is 1.28. The maximum atomic E-state index is 2.35. The van der Waals surface area contributed by atoms with Gasteiger partial charge in [0.15, 0.2) is 0 Å². The molecule has 0 amide bonds. The molecule has 0 saturated heterocycles. The SMILES string of the molecule is c1ccc(-c2ccc(-c3ccc(N(c4ccc(-c5ccc(-c6ccccc6)cc5)cc4)c4ccc(-c5ccc6ccccc6c5-c5ccccc5)cc4)cc3)cc2)cc1. The Bertz CT molecular complexity index is 2830. The minimum atomic E-state index is 1.09. The van der Waals surface area contributed by atoms with E-state index in [0.717, 1.165) is 17.1 Å².